The highest BCUT2D eigenvalue weighted by molar-refractivity contribution is 6.00. The molecule has 0 saturated heterocycles. The summed E-state index contributed by atoms with van der Waals surface area (Å²) >= 11 is 0. The van der Waals surface area contributed by atoms with Gasteiger partial charge in [0.15, 0.2) is 0 Å². The number of amidine groups is 1. The number of rotatable bonds is 2. The highest BCUT2D eigenvalue weighted by Gasteiger charge is 2.18. The van der Waals surface area contributed by atoms with Crippen molar-refractivity contribution < 1.29 is 19.6 Å². The van der Waals surface area contributed by atoms with Gasteiger partial charge >= 0.3 is 5.91 Å². The van der Waals surface area contributed by atoms with Crippen molar-refractivity contribution in [1.82, 2.24) is 0 Å². The maximum absolute atomic E-state index is 11.1. The summed E-state index contributed by atoms with van der Waals surface area (Å²) in [4.78, 5) is 14.2. The molecule has 0 saturated carbocycles. The Hall–Kier alpha value is -1.75. The van der Waals surface area contributed by atoms with Crippen molar-refractivity contribution in [2.45, 2.75) is 6.92 Å². The maximum Gasteiger partial charge on any atom is 0.380 e. The van der Waals surface area contributed by atoms with Gasteiger partial charge in [0.25, 0.3) is 6.02 Å². The molecule has 0 fully saturated rings. The lowest BCUT2D eigenvalue weighted by molar-refractivity contribution is -0.437. The zero-order valence-corrected chi connectivity index (χ0v) is 7.67. The molecule has 0 aromatic rings. The molecule has 0 unspecified atom stereocenters. The first-order valence-electron chi connectivity index (χ1n) is 4.03. The fourth-order valence-electron chi connectivity index (χ4n) is 0.873. The molecule has 0 aliphatic carbocycles. The van der Waals surface area contributed by atoms with E-state index in [1.54, 1.807) is 6.92 Å². The van der Waals surface area contributed by atoms with Crippen molar-refractivity contribution in [2.24, 2.45) is 4.99 Å². The van der Waals surface area contributed by atoms with E-state index >= 15 is 0 Å². The van der Waals surface area contributed by atoms with Crippen molar-refractivity contribution >= 4 is 18.1 Å². The Morgan fingerprint density at radius 3 is 3.07 bits per heavy atom. The van der Waals surface area contributed by atoms with E-state index in [4.69, 9.17) is 5.11 Å². The van der Waals surface area contributed by atoms with Crippen LogP contribution in [0.25, 0.3) is 0 Å². The van der Waals surface area contributed by atoms with E-state index in [2.05, 4.69) is 4.99 Å². The second-order valence-corrected chi connectivity index (χ2v) is 2.68. The number of carbonyl (C=O) groups excluding carboxylic acids is 1. The van der Waals surface area contributed by atoms with Gasteiger partial charge in [0.2, 0.25) is 0 Å². The monoisotopic (exact) mass is 194 g/mol. The van der Waals surface area contributed by atoms with Crippen LogP contribution in [-0.4, -0.2) is 34.4 Å². The summed E-state index contributed by atoms with van der Waals surface area (Å²) in [5.41, 5.74) is 0.401. The highest BCUT2D eigenvalue weighted by Crippen LogP contribution is 2.01. The molecule has 5 nitrogen and oxygen atoms in total. The molecule has 1 heterocycles. The number of hydrogen-bond acceptors (Lipinski definition) is 3. The number of amides is 1. The third kappa shape index (κ3) is 2.37. The number of aliphatic imine (C=N–C) groups is 1. The fourth-order valence-corrected chi connectivity index (χ4v) is 0.873. The average molecular weight is 194 g/mol. The number of aliphatic hydroxyl groups excluding tert-OH is 1. The number of aliphatic hydroxyl groups is 1. The highest BCUT2D eigenvalue weighted by atomic mass is 16.3. The Morgan fingerprint density at radius 2 is 2.43 bits per heavy atom. The third-order valence-electron chi connectivity index (χ3n) is 1.58. The summed E-state index contributed by atoms with van der Waals surface area (Å²) in [5.74, 6) is -0.509. The summed E-state index contributed by atoms with van der Waals surface area (Å²) in [6.45, 7) is 1.48. The molecule has 5 heteroatoms. The van der Waals surface area contributed by atoms with E-state index in [1.807, 2.05) is 0 Å². The first-order valence-corrected chi connectivity index (χ1v) is 4.03. The third-order valence-corrected chi connectivity index (χ3v) is 1.58. The van der Waals surface area contributed by atoms with E-state index in [1.165, 1.54) is 29.1 Å². The molecule has 0 aromatic carbocycles. The zero-order chi connectivity index (χ0) is 10.6. The van der Waals surface area contributed by atoms with Crippen LogP contribution in [0.4, 0.5) is 0 Å². The van der Waals surface area contributed by atoms with Gasteiger partial charge in [-0.05, 0) is 18.0 Å². The predicted octanol–water partition coefficient (Wildman–Crippen LogP) is -1.22. The molecule has 0 atom stereocenters. The standard InChI is InChI=1S/C9H10N2O3/c1-7-6-11(4-2-3-5-12)9(14)10-8(7)13/h2-4,6,12H,5H2,1H3/b3-2+,11-4-. The van der Waals surface area contributed by atoms with E-state index in [0.717, 1.165) is 0 Å². The Kier molecular flexibility index (Phi) is 3.30. The van der Waals surface area contributed by atoms with Gasteiger partial charge in [-0.3, -0.25) is 0 Å². The minimum absolute atomic E-state index is 0.0999. The molecular formula is C9H10N2O3. The van der Waals surface area contributed by atoms with Crippen molar-refractivity contribution in [3.63, 3.8) is 0 Å². The quantitative estimate of drug-likeness (QED) is 0.560. The van der Waals surface area contributed by atoms with Crippen LogP contribution in [0.2, 0.25) is 0 Å². The van der Waals surface area contributed by atoms with E-state index in [-0.39, 0.29) is 6.61 Å². The number of allylic oxidation sites excluding steroid dienone is 1. The largest absolute Gasteiger partial charge is 0.806 e. The van der Waals surface area contributed by atoms with Crippen molar-refractivity contribution in [1.29, 1.82) is 0 Å². The van der Waals surface area contributed by atoms with E-state index in [9.17, 15) is 9.90 Å². The normalized spacial score (nSPS) is 20.1. The lowest BCUT2D eigenvalue weighted by atomic mass is 10.3. The molecule has 1 amide bonds. The van der Waals surface area contributed by atoms with Gasteiger partial charge in [-0.2, -0.15) is 0 Å². The molecule has 0 aromatic heterocycles. The number of hydrogen-bond donors (Lipinski definition) is 1. The molecule has 1 rings (SSSR count). The molecular weight excluding hydrogens is 184 g/mol. The summed E-state index contributed by atoms with van der Waals surface area (Å²) in [6, 6.07) is -0.622. The van der Waals surface area contributed by atoms with Gasteiger partial charge in [-0.15, -0.1) is 0 Å². The smallest absolute Gasteiger partial charge is 0.380 e. The Balaban J connectivity index is 2.90. The van der Waals surface area contributed by atoms with Crippen molar-refractivity contribution in [2.75, 3.05) is 6.61 Å². The maximum atomic E-state index is 11.1. The van der Waals surface area contributed by atoms with E-state index in [0.29, 0.717) is 5.57 Å². The lowest BCUT2D eigenvalue weighted by Gasteiger charge is -2.07. The van der Waals surface area contributed by atoms with Gasteiger partial charge in [0, 0.05) is 0 Å². The Labute approximate surface area is 81.0 Å². The Bertz CT molecular complexity index is 364. The van der Waals surface area contributed by atoms with Gasteiger partial charge < -0.3 is 10.2 Å². The SMILES string of the molecule is CC1=C/[N+](=C/C=C/CO)C([O-])=NC1=O. The second kappa shape index (κ2) is 4.48. The van der Waals surface area contributed by atoms with Crippen LogP contribution in [0.3, 0.4) is 0 Å². The number of carbonyl (C=O) groups is 1. The molecule has 74 valence electrons. The van der Waals surface area contributed by atoms with Crippen LogP contribution in [0.5, 0.6) is 0 Å². The second-order valence-electron chi connectivity index (χ2n) is 2.68. The topological polar surface area (TPSA) is 75.7 Å². The van der Waals surface area contributed by atoms with Gasteiger partial charge in [0.05, 0.1) is 18.4 Å². The summed E-state index contributed by atoms with van der Waals surface area (Å²) in [6.07, 6.45) is 5.80. The van der Waals surface area contributed by atoms with Crippen LogP contribution < -0.4 is 5.11 Å². The Morgan fingerprint density at radius 1 is 1.71 bits per heavy atom. The van der Waals surface area contributed by atoms with Crippen LogP contribution in [0, 0.1) is 0 Å². The minimum atomic E-state index is -0.622. The molecule has 0 radical (unpaired) electrons. The lowest BCUT2D eigenvalue weighted by Crippen LogP contribution is -2.34. The molecule has 1 aliphatic heterocycles. The van der Waals surface area contributed by atoms with Crippen LogP contribution in [-0.2, 0) is 4.79 Å². The number of nitrogens with zero attached hydrogens (tertiary/aromatic N) is 2. The van der Waals surface area contributed by atoms with Crippen molar-refractivity contribution in [3.8, 4) is 0 Å². The van der Waals surface area contributed by atoms with E-state index < -0.39 is 11.9 Å². The van der Waals surface area contributed by atoms with Crippen LogP contribution in [0.1, 0.15) is 6.92 Å². The van der Waals surface area contributed by atoms with Gasteiger partial charge in [0.1, 0.15) is 6.20 Å². The van der Waals surface area contributed by atoms with Gasteiger partial charge in [-0.1, -0.05) is 6.08 Å². The molecule has 1 N–H and O–H groups in total. The molecule has 14 heavy (non-hydrogen) atoms. The summed E-state index contributed by atoms with van der Waals surface area (Å²) in [7, 11) is 0. The average Bonchev–Trinajstić information content (AvgIpc) is 2.14. The van der Waals surface area contributed by atoms with Crippen LogP contribution in [0.15, 0.2) is 28.9 Å². The van der Waals surface area contributed by atoms with Crippen LogP contribution >= 0.6 is 0 Å². The first kappa shape index (κ1) is 10.3. The van der Waals surface area contributed by atoms with Gasteiger partial charge in [-0.25, -0.2) is 9.37 Å². The molecule has 0 spiro atoms. The minimum Gasteiger partial charge on any atom is -0.806 e. The zero-order valence-electron chi connectivity index (χ0n) is 7.67. The summed E-state index contributed by atoms with van der Waals surface area (Å²) < 4.78 is 1.18. The fraction of sp³-hybridized carbons (Fsp3) is 0.222. The molecule has 1 aliphatic rings. The molecule has 0 bridgehead atoms. The van der Waals surface area contributed by atoms with Crippen molar-refractivity contribution in [3.05, 3.63) is 23.9 Å². The first-order chi connectivity index (χ1) is 6.65. The summed E-state index contributed by atoms with van der Waals surface area (Å²) in [5, 5.41) is 19.6. The predicted molar refractivity (Wildman–Crippen MR) is 48.7 cm³/mol.